The molecule has 7 heteroatoms. The minimum Gasteiger partial charge on any atom is -0.504 e. The van der Waals surface area contributed by atoms with Gasteiger partial charge in [0, 0.05) is 5.02 Å². The van der Waals surface area contributed by atoms with Gasteiger partial charge < -0.3 is 9.84 Å². The van der Waals surface area contributed by atoms with Crippen LogP contribution in [0.1, 0.15) is 22.7 Å². The molecule has 1 unspecified atom stereocenters. The van der Waals surface area contributed by atoms with Crippen molar-refractivity contribution in [3.63, 3.8) is 0 Å². The van der Waals surface area contributed by atoms with Crippen molar-refractivity contribution in [3.8, 4) is 11.5 Å². The van der Waals surface area contributed by atoms with E-state index in [1.807, 2.05) is 60.7 Å². The molecular formula is C26H19ClN2O3S. The predicted octanol–water partition coefficient (Wildman–Crippen LogP) is 4.37. The zero-order valence-electron chi connectivity index (χ0n) is 17.6. The van der Waals surface area contributed by atoms with Crippen LogP contribution in [0, 0.1) is 0 Å². The maximum atomic E-state index is 13.5. The Morgan fingerprint density at radius 1 is 1.09 bits per heavy atom. The highest BCUT2D eigenvalue weighted by atomic mass is 35.5. The van der Waals surface area contributed by atoms with E-state index in [-0.39, 0.29) is 17.4 Å². The highest BCUT2D eigenvalue weighted by Crippen LogP contribution is 2.28. The number of methoxy groups -OCH3 is 1. The van der Waals surface area contributed by atoms with E-state index in [0.29, 0.717) is 20.1 Å². The number of hydrogen-bond acceptors (Lipinski definition) is 5. The zero-order chi connectivity index (χ0) is 22.9. The number of allylic oxidation sites excluding steroid dienone is 1. The minimum atomic E-state index is -0.315. The first-order chi connectivity index (χ1) is 16.0. The highest BCUT2D eigenvalue weighted by Gasteiger charge is 2.22. The van der Waals surface area contributed by atoms with E-state index in [4.69, 9.17) is 21.3 Å². The Bertz CT molecular complexity index is 1540. The van der Waals surface area contributed by atoms with Gasteiger partial charge in [-0.1, -0.05) is 71.5 Å². The maximum absolute atomic E-state index is 13.5. The molecule has 5 rings (SSSR count). The summed E-state index contributed by atoms with van der Waals surface area (Å²) < 4.78 is 7.45. The van der Waals surface area contributed by atoms with Crippen LogP contribution in [-0.2, 0) is 0 Å². The van der Waals surface area contributed by atoms with Crippen molar-refractivity contribution in [2.24, 2.45) is 4.99 Å². The molecule has 0 radical (unpaired) electrons. The lowest BCUT2D eigenvalue weighted by Gasteiger charge is -2.19. The fourth-order valence-corrected chi connectivity index (χ4v) is 4.93. The monoisotopic (exact) mass is 474 g/mol. The largest absolute Gasteiger partial charge is 0.504 e. The number of hydrogen-bond donors (Lipinski definition) is 1. The Kier molecular flexibility index (Phi) is 5.62. The van der Waals surface area contributed by atoms with Gasteiger partial charge in [-0.25, -0.2) is 4.99 Å². The van der Waals surface area contributed by atoms with Crippen molar-refractivity contribution in [2.75, 3.05) is 7.11 Å². The van der Waals surface area contributed by atoms with Gasteiger partial charge in [-0.05, 0) is 53.1 Å². The summed E-state index contributed by atoms with van der Waals surface area (Å²) in [5.41, 5.74) is 3.36. The average Bonchev–Trinajstić information content (AvgIpc) is 3.15. The van der Waals surface area contributed by atoms with Crippen LogP contribution in [0.3, 0.4) is 0 Å². The van der Waals surface area contributed by atoms with E-state index in [0.717, 1.165) is 22.4 Å². The van der Waals surface area contributed by atoms with Crippen molar-refractivity contribution in [2.45, 2.75) is 6.04 Å². The lowest BCUT2D eigenvalue weighted by Crippen LogP contribution is -2.36. The van der Waals surface area contributed by atoms with Crippen LogP contribution in [0.25, 0.3) is 11.8 Å². The number of halogens is 1. The van der Waals surface area contributed by atoms with Crippen molar-refractivity contribution in [1.82, 2.24) is 4.57 Å². The molecule has 33 heavy (non-hydrogen) atoms. The van der Waals surface area contributed by atoms with Crippen molar-refractivity contribution >= 4 is 34.7 Å². The lowest BCUT2D eigenvalue weighted by atomic mass is 10.0. The summed E-state index contributed by atoms with van der Waals surface area (Å²) in [7, 11) is 1.49. The van der Waals surface area contributed by atoms with Crippen LogP contribution in [-0.4, -0.2) is 16.8 Å². The van der Waals surface area contributed by atoms with Gasteiger partial charge in [0.05, 0.1) is 23.4 Å². The second kappa shape index (κ2) is 8.73. The first-order valence-electron chi connectivity index (χ1n) is 10.2. The van der Waals surface area contributed by atoms with Crippen LogP contribution in [0.15, 0.2) is 88.7 Å². The van der Waals surface area contributed by atoms with E-state index >= 15 is 0 Å². The number of nitrogens with zero attached hydrogens (tertiary/aromatic N) is 2. The molecule has 164 valence electrons. The summed E-state index contributed by atoms with van der Waals surface area (Å²) in [6.07, 6.45) is 3.80. The van der Waals surface area contributed by atoms with E-state index in [9.17, 15) is 9.90 Å². The molecule has 1 aromatic heterocycles. The molecule has 1 aliphatic rings. The molecule has 0 bridgehead atoms. The van der Waals surface area contributed by atoms with E-state index in [1.165, 1.54) is 18.4 Å². The molecule has 0 saturated heterocycles. The number of fused-ring (bicyclic) bond motifs is 1. The molecule has 0 saturated carbocycles. The Morgan fingerprint density at radius 2 is 1.85 bits per heavy atom. The Hall–Kier alpha value is -3.61. The normalized spacial score (nSPS) is 15.5. The third-order valence-electron chi connectivity index (χ3n) is 5.43. The SMILES string of the molecule is COc1cc(/C=c2/sc3n(c2=O)C(c2ccc(Cl)cc2)C=C(c2ccccc2)N=3)ccc1O. The molecule has 4 aromatic rings. The van der Waals surface area contributed by atoms with E-state index in [2.05, 4.69) is 0 Å². The van der Waals surface area contributed by atoms with Gasteiger partial charge in [0.25, 0.3) is 5.56 Å². The van der Waals surface area contributed by atoms with Gasteiger partial charge >= 0.3 is 0 Å². The van der Waals surface area contributed by atoms with Crippen LogP contribution in [0.4, 0.5) is 0 Å². The molecule has 2 heterocycles. The molecule has 1 aliphatic heterocycles. The number of phenols is 1. The molecule has 0 amide bonds. The maximum Gasteiger partial charge on any atom is 0.271 e. The summed E-state index contributed by atoms with van der Waals surface area (Å²) in [4.78, 5) is 18.9. The summed E-state index contributed by atoms with van der Waals surface area (Å²) in [5.74, 6) is 0.397. The first kappa shape index (κ1) is 21.2. The van der Waals surface area contributed by atoms with Gasteiger partial charge in [-0.3, -0.25) is 9.36 Å². The van der Waals surface area contributed by atoms with Gasteiger partial charge in [0.2, 0.25) is 0 Å². The smallest absolute Gasteiger partial charge is 0.271 e. The Balaban J connectivity index is 1.71. The van der Waals surface area contributed by atoms with Gasteiger partial charge in [-0.15, -0.1) is 0 Å². The molecule has 0 fully saturated rings. The van der Waals surface area contributed by atoms with E-state index < -0.39 is 0 Å². The number of ether oxygens (including phenoxy) is 1. The number of thiazole rings is 1. The zero-order valence-corrected chi connectivity index (χ0v) is 19.2. The summed E-state index contributed by atoms with van der Waals surface area (Å²) in [5, 5.41) is 10.5. The first-order valence-corrected chi connectivity index (χ1v) is 11.4. The molecular weight excluding hydrogens is 456 g/mol. The molecule has 5 nitrogen and oxygen atoms in total. The van der Waals surface area contributed by atoms with Crippen molar-refractivity contribution in [1.29, 1.82) is 0 Å². The highest BCUT2D eigenvalue weighted by molar-refractivity contribution is 7.07. The topological polar surface area (TPSA) is 63.8 Å². The molecule has 3 aromatic carbocycles. The van der Waals surface area contributed by atoms with Crippen LogP contribution < -0.4 is 19.6 Å². The number of benzene rings is 3. The van der Waals surface area contributed by atoms with Gasteiger partial charge in [0.1, 0.15) is 0 Å². The second-order valence-electron chi connectivity index (χ2n) is 7.53. The number of rotatable bonds is 4. The third-order valence-corrected chi connectivity index (χ3v) is 6.66. The average molecular weight is 475 g/mol. The number of aromatic hydroxyl groups is 1. The van der Waals surface area contributed by atoms with Crippen LogP contribution >= 0.6 is 22.9 Å². The van der Waals surface area contributed by atoms with Gasteiger partial charge in [0.15, 0.2) is 16.3 Å². The molecule has 0 aliphatic carbocycles. The van der Waals surface area contributed by atoms with E-state index in [1.54, 1.807) is 28.8 Å². The predicted molar refractivity (Wildman–Crippen MR) is 132 cm³/mol. The summed E-state index contributed by atoms with van der Waals surface area (Å²) in [6.45, 7) is 0. The lowest BCUT2D eigenvalue weighted by molar-refractivity contribution is 0.373. The standard InChI is InChI=1S/C26H19ClN2O3S/c1-32-23-13-16(7-12-22(23)30)14-24-25(31)29-21(18-8-10-19(27)11-9-18)15-20(28-26(29)33-24)17-5-3-2-4-6-17/h2-15,21,30H,1H3/b24-14+. The molecule has 1 atom stereocenters. The molecule has 0 spiro atoms. The number of phenolic OH excluding ortho intramolecular Hbond substituents is 1. The fraction of sp³-hybridized carbons (Fsp3) is 0.0769. The molecule has 1 N–H and O–H groups in total. The second-order valence-corrected chi connectivity index (χ2v) is 8.97. The quantitative estimate of drug-likeness (QED) is 0.477. The van der Waals surface area contributed by atoms with Crippen molar-refractivity contribution < 1.29 is 9.84 Å². The van der Waals surface area contributed by atoms with Crippen LogP contribution in [0.5, 0.6) is 11.5 Å². The Labute approximate surface area is 198 Å². The fourth-order valence-electron chi connectivity index (χ4n) is 3.78. The summed E-state index contributed by atoms with van der Waals surface area (Å²) >= 11 is 7.44. The van der Waals surface area contributed by atoms with Crippen molar-refractivity contribution in [3.05, 3.63) is 120 Å². The van der Waals surface area contributed by atoms with Crippen LogP contribution in [0.2, 0.25) is 5.02 Å². The van der Waals surface area contributed by atoms with Gasteiger partial charge in [-0.2, -0.15) is 0 Å². The number of aromatic nitrogens is 1. The third kappa shape index (κ3) is 4.11. The Morgan fingerprint density at radius 3 is 2.58 bits per heavy atom. The summed E-state index contributed by atoms with van der Waals surface area (Å²) in [6, 6.07) is 22.1. The minimum absolute atomic E-state index is 0.0475.